The summed E-state index contributed by atoms with van der Waals surface area (Å²) in [7, 11) is 1.58. The van der Waals surface area contributed by atoms with Gasteiger partial charge in [-0.2, -0.15) is 0 Å². The van der Waals surface area contributed by atoms with E-state index in [1.807, 2.05) is 6.07 Å². The molecule has 0 radical (unpaired) electrons. The maximum Gasteiger partial charge on any atom is 0.258 e. The van der Waals surface area contributed by atoms with Crippen molar-refractivity contribution in [2.45, 2.75) is 4.90 Å². The predicted octanol–water partition coefficient (Wildman–Crippen LogP) is 4.82. The van der Waals surface area contributed by atoms with Crippen LogP contribution in [0.4, 0.5) is 15.8 Å². The summed E-state index contributed by atoms with van der Waals surface area (Å²) >= 11 is 1.33. The quantitative estimate of drug-likeness (QED) is 0.548. The molecule has 3 rings (SSSR count). The first kappa shape index (κ1) is 20.4. The number of hydrogen-bond donors (Lipinski definition) is 2. The van der Waals surface area contributed by atoms with Crippen molar-refractivity contribution in [3.8, 4) is 5.75 Å². The van der Waals surface area contributed by atoms with Crippen LogP contribution in [-0.4, -0.2) is 24.7 Å². The van der Waals surface area contributed by atoms with Crippen LogP contribution in [0.15, 0.2) is 77.7 Å². The number of benzene rings is 3. The SMILES string of the molecule is COc1ccc(NC(=O)CSc2cccc(NC(=O)c3ccccc3F)c2)cc1. The van der Waals surface area contributed by atoms with Crippen molar-refractivity contribution in [1.82, 2.24) is 0 Å². The molecule has 29 heavy (non-hydrogen) atoms. The van der Waals surface area contributed by atoms with Gasteiger partial charge in [0.25, 0.3) is 5.91 Å². The Hall–Kier alpha value is -3.32. The van der Waals surface area contributed by atoms with Crippen molar-refractivity contribution in [3.63, 3.8) is 0 Å². The zero-order valence-corrected chi connectivity index (χ0v) is 16.5. The third kappa shape index (κ3) is 5.83. The smallest absolute Gasteiger partial charge is 0.258 e. The van der Waals surface area contributed by atoms with Gasteiger partial charge in [-0.25, -0.2) is 4.39 Å². The molecule has 0 saturated carbocycles. The molecule has 148 valence electrons. The summed E-state index contributed by atoms with van der Waals surface area (Å²) in [6, 6.07) is 19.9. The van der Waals surface area contributed by atoms with Crippen molar-refractivity contribution >= 4 is 35.0 Å². The van der Waals surface area contributed by atoms with E-state index in [0.29, 0.717) is 17.1 Å². The van der Waals surface area contributed by atoms with E-state index in [-0.39, 0.29) is 17.2 Å². The summed E-state index contributed by atoms with van der Waals surface area (Å²) in [6.07, 6.45) is 0. The number of rotatable bonds is 7. The highest BCUT2D eigenvalue weighted by atomic mass is 32.2. The van der Waals surface area contributed by atoms with Gasteiger partial charge in [0.1, 0.15) is 11.6 Å². The number of hydrogen-bond acceptors (Lipinski definition) is 4. The molecule has 2 amide bonds. The number of thioether (sulfide) groups is 1. The maximum absolute atomic E-state index is 13.7. The van der Waals surface area contributed by atoms with Gasteiger partial charge in [-0.05, 0) is 54.6 Å². The summed E-state index contributed by atoms with van der Waals surface area (Å²) in [5.41, 5.74) is 1.19. The van der Waals surface area contributed by atoms with E-state index in [1.54, 1.807) is 55.6 Å². The van der Waals surface area contributed by atoms with Gasteiger partial charge >= 0.3 is 0 Å². The summed E-state index contributed by atoms with van der Waals surface area (Å²) < 4.78 is 18.8. The maximum atomic E-state index is 13.7. The van der Waals surface area contributed by atoms with Gasteiger partial charge in [-0.1, -0.05) is 18.2 Å². The minimum absolute atomic E-state index is 0.0237. The molecule has 0 atom stereocenters. The van der Waals surface area contributed by atoms with Crippen LogP contribution in [0.1, 0.15) is 10.4 Å². The molecule has 5 nitrogen and oxygen atoms in total. The Balaban J connectivity index is 1.56. The van der Waals surface area contributed by atoms with Gasteiger partial charge in [0.2, 0.25) is 5.91 Å². The number of amides is 2. The molecule has 0 heterocycles. The van der Waals surface area contributed by atoms with Gasteiger partial charge in [-0.15, -0.1) is 11.8 Å². The number of ether oxygens (including phenoxy) is 1. The van der Waals surface area contributed by atoms with E-state index in [9.17, 15) is 14.0 Å². The normalized spacial score (nSPS) is 10.3. The molecule has 0 saturated heterocycles. The molecule has 0 aliphatic carbocycles. The molecular formula is C22H19FN2O3S. The second kappa shape index (κ2) is 9.75. The Morgan fingerprint density at radius 3 is 2.41 bits per heavy atom. The Morgan fingerprint density at radius 1 is 0.931 bits per heavy atom. The van der Waals surface area contributed by atoms with Crippen LogP contribution in [0.2, 0.25) is 0 Å². The molecule has 3 aromatic carbocycles. The molecule has 0 spiro atoms. The monoisotopic (exact) mass is 410 g/mol. The fraction of sp³-hybridized carbons (Fsp3) is 0.0909. The number of anilines is 2. The van der Waals surface area contributed by atoms with Crippen LogP contribution in [-0.2, 0) is 4.79 Å². The lowest BCUT2D eigenvalue weighted by atomic mass is 10.2. The minimum atomic E-state index is -0.578. The van der Waals surface area contributed by atoms with Crippen molar-refractivity contribution in [3.05, 3.63) is 84.2 Å². The molecule has 0 aliphatic heterocycles. The Labute approximate surface area is 172 Å². The third-order valence-corrected chi connectivity index (χ3v) is 4.95. The Morgan fingerprint density at radius 2 is 1.69 bits per heavy atom. The summed E-state index contributed by atoms with van der Waals surface area (Å²) in [5, 5.41) is 5.48. The van der Waals surface area contributed by atoms with E-state index < -0.39 is 11.7 Å². The molecule has 0 aliphatic rings. The van der Waals surface area contributed by atoms with E-state index in [4.69, 9.17) is 4.74 Å². The highest BCUT2D eigenvalue weighted by molar-refractivity contribution is 8.00. The zero-order chi connectivity index (χ0) is 20.6. The standard InChI is InChI=1S/C22H19FN2O3S/c1-28-17-11-9-15(10-12-17)24-21(26)14-29-18-6-4-5-16(13-18)25-22(27)19-7-2-3-8-20(19)23/h2-13H,14H2,1H3,(H,24,26)(H,25,27). The molecular weight excluding hydrogens is 391 g/mol. The number of halogens is 1. The molecule has 7 heteroatoms. The first-order valence-corrected chi connectivity index (χ1v) is 9.76. The van der Waals surface area contributed by atoms with Crippen LogP contribution < -0.4 is 15.4 Å². The number of methoxy groups -OCH3 is 1. The summed E-state index contributed by atoms with van der Waals surface area (Å²) in [4.78, 5) is 25.2. The Kier molecular flexibility index (Phi) is 6.86. The number of carbonyl (C=O) groups is 2. The van der Waals surface area contributed by atoms with E-state index >= 15 is 0 Å². The fourth-order valence-electron chi connectivity index (χ4n) is 2.53. The largest absolute Gasteiger partial charge is 0.497 e. The summed E-state index contributed by atoms with van der Waals surface area (Å²) in [5.74, 6) is -0.336. The number of nitrogens with one attached hydrogen (secondary N) is 2. The lowest BCUT2D eigenvalue weighted by Crippen LogP contribution is -2.14. The van der Waals surface area contributed by atoms with Crippen LogP contribution >= 0.6 is 11.8 Å². The Bertz CT molecular complexity index is 1010. The lowest BCUT2D eigenvalue weighted by Gasteiger charge is -2.09. The van der Waals surface area contributed by atoms with Crippen molar-refractivity contribution in [1.29, 1.82) is 0 Å². The lowest BCUT2D eigenvalue weighted by molar-refractivity contribution is -0.113. The molecule has 2 N–H and O–H groups in total. The number of carbonyl (C=O) groups excluding carboxylic acids is 2. The molecule has 0 unspecified atom stereocenters. The first-order chi connectivity index (χ1) is 14.0. The van der Waals surface area contributed by atoms with Crippen LogP contribution in [0.5, 0.6) is 5.75 Å². The second-order valence-corrected chi connectivity index (χ2v) is 7.08. The van der Waals surface area contributed by atoms with E-state index in [1.165, 1.54) is 30.0 Å². The second-order valence-electron chi connectivity index (χ2n) is 6.03. The fourth-order valence-corrected chi connectivity index (χ4v) is 3.28. The first-order valence-electron chi connectivity index (χ1n) is 8.78. The highest BCUT2D eigenvalue weighted by Gasteiger charge is 2.11. The average Bonchev–Trinajstić information content (AvgIpc) is 2.73. The van der Waals surface area contributed by atoms with Crippen molar-refractivity contribution < 1.29 is 18.7 Å². The minimum Gasteiger partial charge on any atom is -0.497 e. The van der Waals surface area contributed by atoms with E-state index in [2.05, 4.69) is 10.6 Å². The van der Waals surface area contributed by atoms with Crippen molar-refractivity contribution in [2.75, 3.05) is 23.5 Å². The van der Waals surface area contributed by atoms with Crippen LogP contribution in [0.25, 0.3) is 0 Å². The molecule has 0 bridgehead atoms. The van der Waals surface area contributed by atoms with Crippen LogP contribution in [0, 0.1) is 5.82 Å². The average molecular weight is 410 g/mol. The van der Waals surface area contributed by atoms with Gasteiger partial charge in [-0.3, -0.25) is 9.59 Å². The van der Waals surface area contributed by atoms with Gasteiger partial charge in [0.15, 0.2) is 0 Å². The molecule has 0 fully saturated rings. The van der Waals surface area contributed by atoms with Gasteiger partial charge < -0.3 is 15.4 Å². The van der Waals surface area contributed by atoms with Crippen LogP contribution in [0.3, 0.4) is 0 Å². The van der Waals surface area contributed by atoms with E-state index in [0.717, 1.165) is 4.90 Å². The zero-order valence-electron chi connectivity index (χ0n) is 15.6. The predicted molar refractivity (Wildman–Crippen MR) is 113 cm³/mol. The summed E-state index contributed by atoms with van der Waals surface area (Å²) in [6.45, 7) is 0. The van der Waals surface area contributed by atoms with Gasteiger partial charge in [0, 0.05) is 16.3 Å². The third-order valence-electron chi connectivity index (χ3n) is 3.95. The molecule has 3 aromatic rings. The van der Waals surface area contributed by atoms with Crippen molar-refractivity contribution in [2.24, 2.45) is 0 Å². The molecule has 0 aromatic heterocycles. The van der Waals surface area contributed by atoms with Gasteiger partial charge in [0.05, 0.1) is 18.4 Å². The highest BCUT2D eigenvalue weighted by Crippen LogP contribution is 2.23. The topological polar surface area (TPSA) is 67.4 Å².